The van der Waals surface area contributed by atoms with Crippen LogP contribution in [0.2, 0.25) is 5.15 Å². The molecule has 0 aromatic carbocycles. The van der Waals surface area contributed by atoms with E-state index in [1.807, 2.05) is 0 Å². The molecule has 0 bridgehead atoms. The molecule has 1 amide bonds. The Labute approximate surface area is 118 Å². The zero-order valence-corrected chi connectivity index (χ0v) is 10.9. The number of carbonyl (C=O) groups excluding carboxylic acids is 1. The highest BCUT2D eigenvalue weighted by atomic mass is 35.5. The molecule has 0 unspecified atom stereocenters. The van der Waals surface area contributed by atoms with Crippen molar-refractivity contribution < 1.29 is 4.79 Å². The Hall–Kier alpha value is -2.33. The van der Waals surface area contributed by atoms with Crippen LogP contribution in [0.5, 0.6) is 0 Å². The number of amidine groups is 2. The molecule has 0 aliphatic rings. The molecular weight excluding hydrogens is 297 g/mol. The summed E-state index contributed by atoms with van der Waals surface area (Å²) in [4.78, 5) is 18.7. The van der Waals surface area contributed by atoms with Gasteiger partial charge >= 0.3 is 0 Å². The van der Waals surface area contributed by atoms with Gasteiger partial charge in [-0.25, -0.2) is 9.97 Å². The number of carbonyl (C=O) groups is 1. The average molecular weight is 308 g/mol. The van der Waals surface area contributed by atoms with Crippen molar-refractivity contribution in [3.63, 3.8) is 0 Å². The summed E-state index contributed by atoms with van der Waals surface area (Å²) in [6.45, 7) is 0. The Morgan fingerprint density at radius 1 is 0.947 bits per heavy atom. The molecule has 10 nitrogen and oxygen atoms in total. The molecule has 0 spiro atoms. The second-order valence-corrected chi connectivity index (χ2v) is 3.31. The number of nitrogens with zero attached hydrogens (tertiary/aromatic N) is 4. The smallest absolute Gasteiger partial charge is 0.269 e. The molecule has 19 heavy (non-hydrogen) atoms. The number of amides is 1. The predicted molar refractivity (Wildman–Crippen MR) is 72.6 cm³/mol. The molecule has 1 heterocycles. The van der Waals surface area contributed by atoms with E-state index in [4.69, 9.17) is 40.5 Å². The fourth-order valence-corrected chi connectivity index (χ4v) is 1.27. The first-order valence-corrected chi connectivity index (χ1v) is 4.75. The highest BCUT2D eigenvalue weighted by Crippen LogP contribution is 2.14. The maximum absolute atomic E-state index is 11.2. The van der Waals surface area contributed by atoms with Crippen LogP contribution in [-0.2, 0) is 0 Å². The number of hydrazone groups is 2. The minimum Gasteiger partial charge on any atom is -0.380 e. The lowest BCUT2D eigenvalue weighted by Gasteiger charge is -2.08. The van der Waals surface area contributed by atoms with Gasteiger partial charge in [0.1, 0.15) is 11.4 Å². The molecule has 12 heteroatoms. The Morgan fingerprint density at radius 3 is 1.84 bits per heavy atom. The maximum atomic E-state index is 11.2. The molecule has 0 atom stereocenters. The molecule has 1 aromatic heterocycles. The molecule has 0 saturated heterocycles. The van der Waals surface area contributed by atoms with Gasteiger partial charge in [0.05, 0.1) is 0 Å². The standard InChI is InChI=1S/C7H10ClN9O.ClH/c8-4-3(6(10)17-13)14-1(5(9)16-12)2(15-4)7(11)18;/h12-13H2,(H2,9,16)(H2,10,17)(H2,11,18);1H. The van der Waals surface area contributed by atoms with Gasteiger partial charge in [-0.2, -0.15) is 10.2 Å². The van der Waals surface area contributed by atoms with Gasteiger partial charge < -0.3 is 28.9 Å². The fourth-order valence-electron chi connectivity index (χ4n) is 1.05. The van der Waals surface area contributed by atoms with E-state index in [0.717, 1.165) is 0 Å². The Bertz CT molecular complexity index is 556. The van der Waals surface area contributed by atoms with Gasteiger partial charge in [-0.1, -0.05) is 11.6 Å². The van der Waals surface area contributed by atoms with E-state index in [0.29, 0.717) is 0 Å². The van der Waals surface area contributed by atoms with Gasteiger partial charge in [-0.15, -0.1) is 12.4 Å². The van der Waals surface area contributed by atoms with Crippen molar-refractivity contribution in [3.05, 3.63) is 22.2 Å². The van der Waals surface area contributed by atoms with Crippen LogP contribution in [0.1, 0.15) is 21.9 Å². The lowest BCUT2D eigenvalue weighted by molar-refractivity contribution is 0.0995. The van der Waals surface area contributed by atoms with Crippen molar-refractivity contribution in [1.82, 2.24) is 9.97 Å². The Balaban J connectivity index is 0.00000324. The molecule has 0 fully saturated rings. The minimum atomic E-state index is -0.902. The number of hydrogen-bond donors (Lipinski definition) is 5. The summed E-state index contributed by atoms with van der Waals surface area (Å²) in [5, 5.41) is 6.18. The van der Waals surface area contributed by atoms with Gasteiger partial charge in [0.15, 0.2) is 22.5 Å². The van der Waals surface area contributed by atoms with Crippen molar-refractivity contribution in [2.75, 3.05) is 0 Å². The van der Waals surface area contributed by atoms with Gasteiger partial charge in [0, 0.05) is 0 Å². The molecule has 1 rings (SSSR count). The first kappa shape index (κ1) is 16.7. The summed E-state index contributed by atoms with van der Waals surface area (Å²) in [7, 11) is 0. The third kappa shape index (κ3) is 3.33. The number of hydrogen-bond acceptors (Lipinski definition) is 7. The van der Waals surface area contributed by atoms with Crippen LogP contribution >= 0.6 is 24.0 Å². The van der Waals surface area contributed by atoms with Crippen molar-refractivity contribution in [3.8, 4) is 0 Å². The van der Waals surface area contributed by atoms with Crippen molar-refractivity contribution >= 4 is 41.6 Å². The van der Waals surface area contributed by atoms with E-state index in [1.165, 1.54) is 0 Å². The van der Waals surface area contributed by atoms with Crippen molar-refractivity contribution in [1.29, 1.82) is 0 Å². The largest absolute Gasteiger partial charge is 0.380 e. The van der Waals surface area contributed by atoms with E-state index in [9.17, 15) is 4.79 Å². The molecule has 0 saturated carbocycles. The average Bonchev–Trinajstić information content (AvgIpc) is 2.36. The van der Waals surface area contributed by atoms with E-state index < -0.39 is 5.91 Å². The number of nitrogens with two attached hydrogens (primary N) is 5. The Morgan fingerprint density at radius 2 is 1.42 bits per heavy atom. The van der Waals surface area contributed by atoms with Crippen LogP contribution < -0.4 is 28.9 Å². The van der Waals surface area contributed by atoms with Crippen molar-refractivity contribution in [2.24, 2.45) is 39.1 Å². The van der Waals surface area contributed by atoms with Crippen LogP contribution in [0.15, 0.2) is 10.2 Å². The normalized spacial score (nSPS) is 11.8. The molecule has 10 N–H and O–H groups in total. The van der Waals surface area contributed by atoms with Crippen LogP contribution in [-0.4, -0.2) is 27.5 Å². The second-order valence-electron chi connectivity index (χ2n) is 2.95. The van der Waals surface area contributed by atoms with Gasteiger partial charge in [0.25, 0.3) is 5.91 Å². The lowest BCUT2D eigenvalue weighted by Crippen LogP contribution is -2.28. The highest BCUT2D eigenvalue weighted by molar-refractivity contribution is 6.32. The molecule has 1 aromatic rings. The molecule has 0 aliphatic heterocycles. The second kappa shape index (κ2) is 6.56. The van der Waals surface area contributed by atoms with Crippen molar-refractivity contribution in [2.45, 2.75) is 0 Å². The SMILES string of the molecule is Cl.NN=C(N)c1nc(C(N)=NN)c(C(N)=O)nc1Cl. The van der Waals surface area contributed by atoms with E-state index >= 15 is 0 Å². The summed E-state index contributed by atoms with van der Waals surface area (Å²) < 4.78 is 0. The summed E-state index contributed by atoms with van der Waals surface area (Å²) in [5.41, 5.74) is 15.5. The van der Waals surface area contributed by atoms with Gasteiger partial charge in [-0.3, -0.25) is 4.79 Å². The number of primary amides is 1. The summed E-state index contributed by atoms with van der Waals surface area (Å²) in [6, 6.07) is 0. The van der Waals surface area contributed by atoms with Crippen LogP contribution in [0, 0.1) is 0 Å². The third-order valence-corrected chi connectivity index (χ3v) is 2.11. The van der Waals surface area contributed by atoms with Crippen LogP contribution in [0.3, 0.4) is 0 Å². The zero-order chi connectivity index (χ0) is 13.9. The molecule has 104 valence electrons. The quantitative estimate of drug-likeness (QED) is 0.181. The molecule has 0 radical (unpaired) electrons. The van der Waals surface area contributed by atoms with E-state index in [2.05, 4.69) is 20.2 Å². The van der Waals surface area contributed by atoms with Gasteiger partial charge in [0.2, 0.25) is 0 Å². The number of halogens is 2. The molecule has 0 aliphatic carbocycles. The first-order valence-electron chi connectivity index (χ1n) is 4.37. The van der Waals surface area contributed by atoms with Crippen LogP contribution in [0.25, 0.3) is 0 Å². The summed E-state index contributed by atoms with van der Waals surface area (Å²) >= 11 is 5.76. The Kier molecular flexibility index (Phi) is 5.76. The summed E-state index contributed by atoms with van der Waals surface area (Å²) in [5.74, 6) is 8.62. The number of aromatic nitrogens is 2. The fraction of sp³-hybridized carbons (Fsp3) is 0. The predicted octanol–water partition coefficient (Wildman–Crippen LogP) is -2.19. The minimum absolute atomic E-state index is 0. The monoisotopic (exact) mass is 307 g/mol. The zero-order valence-electron chi connectivity index (χ0n) is 9.37. The van der Waals surface area contributed by atoms with Crippen LogP contribution in [0.4, 0.5) is 0 Å². The summed E-state index contributed by atoms with van der Waals surface area (Å²) in [6.07, 6.45) is 0. The lowest BCUT2D eigenvalue weighted by atomic mass is 10.2. The maximum Gasteiger partial charge on any atom is 0.269 e. The third-order valence-electron chi connectivity index (χ3n) is 1.85. The molecular formula is C7H11Cl2N9O. The first-order chi connectivity index (χ1) is 8.42. The van der Waals surface area contributed by atoms with E-state index in [1.54, 1.807) is 0 Å². The van der Waals surface area contributed by atoms with E-state index in [-0.39, 0.29) is 46.3 Å². The topological polar surface area (TPSA) is 198 Å². The van der Waals surface area contributed by atoms with Gasteiger partial charge in [-0.05, 0) is 0 Å². The number of rotatable bonds is 3. The highest BCUT2D eigenvalue weighted by Gasteiger charge is 2.20.